The van der Waals surface area contributed by atoms with Crippen LogP contribution in [0.3, 0.4) is 0 Å². The Balaban J connectivity index is 2.10. The van der Waals surface area contributed by atoms with Crippen LogP contribution >= 0.6 is 0 Å². The van der Waals surface area contributed by atoms with Gasteiger partial charge in [-0.15, -0.1) is 0 Å². The number of fused-ring (bicyclic) bond motifs is 3. The van der Waals surface area contributed by atoms with Gasteiger partial charge in [-0.25, -0.2) is 0 Å². The summed E-state index contributed by atoms with van der Waals surface area (Å²) in [5.41, 5.74) is 12.4. The zero-order valence-corrected chi connectivity index (χ0v) is 25.5. The lowest BCUT2D eigenvalue weighted by Gasteiger charge is -2.47. The molecular formula is C36H50N2. The molecule has 1 N–H and O–H groups in total. The summed E-state index contributed by atoms with van der Waals surface area (Å²) in [5.74, 6) is 0. The van der Waals surface area contributed by atoms with Crippen molar-refractivity contribution in [3.05, 3.63) is 107 Å². The molecule has 0 spiro atoms. The van der Waals surface area contributed by atoms with Gasteiger partial charge in [0.2, 0.25) is 0 Å². The molecule has 38 heavy (non-hydrogen) atoms. The van der Waals surface area contributed by atoms with E-state index in [4.69, 9.17) is 0 Å². The molecule has 2 aliphatic rings. The third-order valence-electron chi connectivity index (χ3n) is 7.49. The van der Waals surface area contributed by atoms with Crippen molar-refractivity contribution in [2.45, 2.75) is 99.6 Å². The lowest BCUT2D eigenvalue weighted by Crippen LogP contribution is -2.45. The van der Waals surface area contributed by atoms with Crippen molar-refractivity contribution in [2.75, 3.05) is 0 Å². The van der Waals surface area contributed by atoms with Crippen LogP contribution in [0.5, 0.6) is 0 Å². The Morgan fingerprint density at radius 2 is 1.76 bits per heavy atom. The Kier molecular flexibility index (Phi) is 8.86. The van der Waals surface area contributed by atoms with Crippen LogP contribution in [0.2, 0.25) is 0 Å². The first kappa shape index (κ1) is 29.6. The monoisotopic (exact) mass is 510 g/mol. The Morgan fingerprint density at radius 3 is 2.32 bits per heavy atom. The van der Waals surface area contributed by atoms with Crippen molar-refractivity contribution < 1.29 is 0 Å². The second-order valence-corrected chi connectivity index (χ2v) is 12.9. The summed E-state index contributed by atoms with van der Waals surface area (Å²) in [6.45, 7) is 33.2. The van der Waals surface area contributed by atoms with Gasteiger partial charge < -0.3 is 10.2 Å². The zero-order valence-electron chi connectivity index (χ0n) is 25.5. The highest BCUT2D eigenvalue weighted by atomic mass is 15.2. The van der Waals surface area contributed by atoms with Gasteiger partial charge in [0.15, 0.2) is 0 Å². The molecule has 0 fully saturated rings. The minimum absolute atomic E-state index is 0.0132. The van der Waals surface area contributed by atoms with E-state index in [0.29, 0.717) is 6.04 Å². The molecule has 0 radical (unpaired) electrons. The highest BCUT2D eigenvalue weighted by Crippen LogP contribution is 2.45. The van der Waals surface area contributed by atoms with Crippen molar-refractivity contribution in [2.24, 2.45) is 5.41 Å². The van der Waals surface area contributed by atoms with E-state index in [-0.39, 0.29) is 11.0 Å². The SMILES string of the molecule is C=C(/C=C\C(=C/C)c1cc2c(cc1CC)C1=CC(=C)C(C(=C)CCC)=CN1C(C(C)(C)C)C2)NC(C)(C)C. The highest BCUT2D eigenvalue weighted by Gasteiger charge is 2.38. The average molecular weight is 511 g/mol. The molecular weight excluding hydrogens is 460 g/mol. The van der Waals surface area contributed by atoms with Crippen LogP contribution in [0.1, 0.15) is 97.4 Å². The summed E-state index contributed by atoms with van der Waals surface area (Å²) in [5, 5.41) is 3.46. The average Bonchev–Trinajstić information content (AvgIpc) is 2.81. The molecule has 2 heteroatoms. The molecule has 0 amide bonds. The zero-order chi connectivity index (χ0) is 28.4. The van der Waals surface area contributed by atoms with Gasteiger partial charge in [0.25, 0.3) is 0 Å². The molecule has 1 unspecified atom stereocenters. The van der Waals surface area contributed by atoms with Gasteiger partial charge in [-0.2, -0.15) is 0 Å². The molecule has 1 atom stereocenters. The molecule has 3 rings (SSSR count). The van der Waals surface area contributed by atoms with Gasteiger partial charge in [0, 0.05) is 34.7 Å². The largest absolute Gasteiger partial charge is 0.381 e. The smallest absolute Gasteiger partial charge is 0.0491 e. The molecule has 2 aliphatic heterocycles. The van der Waals surface area contributed by atoms with Crippen LogP contribution in [0.15, 0.2) is 84.8 Å². The Bertz CT molecular complexity index is 1230. The summed E-state index contributed by atoms with van der Waals surface area (Å²) >= 11 is 0. The first-order chi connectivity index (χ1) is 17.7. The number of benzene rings is 1. The van der Waals surface area contributed by atoms with E-state index in [9.17, 15) is 0 Å². The van der Waals surface area contributed by atoms with Gasteiger partial charge in [0.05, 0.1) is 0 Å². The number of aryl methyl sites for hydroxylation is 1. The van der Waals surface area contributed by atoms with E-state index in [1.165, 1.54) is 44.7 Å². The molecule has 0 saturated carbocycles. The summed E-state index contributed by atoms with van der Waals surface area (Å²) < 4.78 is 0. The van der Waals surface area contributed by atoms with Gasteiger partial charge in [-0.3, -0.25) is 0 Å². The van der Waals surface area contributed by atoms with E-state index in [0.717, 1.165) is 37.0 Å². The van der Waals surface area contributed by atoms with Crippen molar-refractivity contribution in [3.8, 4) is 0 Å². The predicted molar refractivity (Wildman–Crippen MR) is 169 cm³/mol. The van der Waals surface area contributed by atoms with E-state index in [1.807, 2.05) is 0 Å². The molecule has 0 aromatic heterocycles. The van der Waals surface area contributed by atoms with Gasteiger partial charge in [-0.05, 0) is 110 Å². The molecule has 2 heterocycles. The lowest BCUT2D eigenvalue weighted by molar-refractivity contribution is 0.189. The van der Waals surface area contributed by atoms with E-state index >= 15 is 0 Å². The molecule has 1 aromatic carbocycles. The van der Waals surface area contributed by atoms with Crippen LogP contribution in [0.4, 0.5) is 0 Å². The maximum absolute atomic E-state index is 4.45. The van der Waals surface area contributed by atoms with E-state index in [2.05, 4.69) is 135 Å². The highest BCUT2D eigenvalue weighted by molar-refractivity contribution is 5.82. The van der Waals surface area contributed by atoms with E-state index < -0.39 is 0 Å². The summed E-state index contributed by atoms with van der Waals surface area (Å²) in [6.07, 6.45) is 15.2. The van der Waals surface area contributed by atoms with Crippen molar-refractivity contribution in [1.82, 2.24) is 10.2 Å². The Labute approximate surface area is 233 Å². The molecule has 2 nitrogen and oxygen atoms in total. The molecule has 0 saturated heterocycles. The van der Waals surface area contributed by atoms with Crippen LogP contribution < -0.4 is 5.32 Å². The van der Waals surface area contributed by atoms with Crippen molar-refractivity contribution >= 4 is 11.3 Å². The van der Waals surface area contributed by atoms with Gasteiger partial charge in [0.1, 0.15) is 0 Å². The predicted octanol–water partition coefficient (Wildman–Crippen LogP) is 9.53. The number of nitrogens with zero attached hydrogens (tertiary/aromatic N) is 1. The fraction of sp³-hybridized carbons (Fsp3) is 0.444. The van der Waals surface area contributed by atoms with Crippen LogP contribution in [-0.4, -0.2) is 16.5 Å². The third kappa shape index (κ3) is 6.52. The normalized spacial score (nSPS) is 18.1. The lowest BCUT2D eigenvalue weighted by atomic mass is 9.75. The Morgan fingerprint density at radius 1 is 1.08 bits per heavy atom. The third-order valence-corrected chi connectivity index (χ3v) is 7.49. The maximum Gasteiger partial charge on any atom is 0.0491 e. The van der Waals surface area contributed by atoms with Crippen LogP contribution in [-0.2, 0) is 12.8 Å². The van der Waals surface area contributed by atoms with E-state index in [1.54, 1.807) is 0 Å². The topological polar surface area (TPSA) is 15.3 Å². The second-order valence-electron chi connectivity index (χ2n) is 12.9. The van der Waals surface area contributed by atoms with Gasteiger partial charge in [-0.1, -0.05) is 79.0 Å². The molecule has 1 aromatic rings. The first-order valence-electron chi connectivity index (χ1n) is 14.3. The van der Waals surface area contributed by atoms with Crippen LogP contribution in [0, 0.1) is 5.41 Å². The number of hydrogen-bond donors (Lipinski definition) is 1. The number of allylic oxidation sites excluding steroid dienone is 8. The number of nitrogens with one attached hydrogen (secondary N) is 1. The quantitative estimate of drug-likeness (QED) is 0.350. The maximum atomic E-state index is 4.45. The minimum atomic E-state index is -0.0132. The minimum Gasteiger partial charge on any atom is -0.381 e. The fourth-order valence-electron chi connectivity index (χ4n) is 5.58. The standard InChI is InChI=1S/C36H50N2/c1-13-16-24(4)32-23-38-33(19-25(32)5)31-20-28(15-3)30(21-29(31)22-34(38)35(7,8)9)27(14-2)18-17-26(6)37-36(10,11)12/h14,17-21,23,34,37H,4-6,13,15-16,22H2,1-3,7-12H3/b18-17-,27-14+. The number of hydrogen-bond acceptors (Lipinski definition) is 2. The summed E-state index contributed by atoms with van der Waals surface area (Å²) in [4.78, 5) is 2.52. The molecule has 0 aliphatic carbocycles. The second kappa shape index (κ2) is 11.4. The molecule has 0 bridgehead atoms. The Hall–Kier alpha value is -3.00. The molecule has 204 valence electrons. The van der Waals surface area contributed by atoms with Crippen molar-refractivity contribution in [3.63, 3.8) is 0 Å². The number of rotatable bonds is 8. The fourth-order valence-corrected chi connectivity index (χ4v) is 5.58. The van der Waals surface area contributed by atoms with Gasteiger partial charge >= 0.3 is 0 Å². The first-order valence-corrected chi connectivity index (χ1v) is 14.3. The summed E-state index contributed by atoms with van der Waals surface area (Å²) in [7, 11) is 0. The van der Waals surface area contributed by atoms with Crippen molar-refractivity contribution in [1.29, 1.82) is 0 Å². The summed E-state index contributed by atoms with van der Waals surface area (Å²) in [6, 6.07) is 5.22. The van der Waals surface area contributed by atoms with Crippen LogP contribution in [0.25, 0.3) is 11.3 Å².